The molecular weight excluding hydrogens is 179 g/mol. The van der Waals surface area contributed by atoms with Gasteiger partial charge < -0.3 is 1.43 Å². The van der Waals surface area contributed by atoms with Crippen molar-refractivity contribution in [2.24, 2.45) is 0 Å². The first-order chi connectivity index (χ1) is 6.88. The molecule has 15 heavy (non-hydrogen) atoms. The predicted molar refractivity (Wildman–Crippen MR) is 57.4 cm³/mol. The van der Waals surface area contributed by atoms with E-state index in [1.807, 2.05) is 60.7 Å². The molecule has 0 heterocycles. The largest absolute Gasteiger partial charge is 1.00 e. The molecule has 0 saturated carbocycles. The molecule has 2 rings (SSSR count). The van der Waals surface area contributed by atoms with Crippen molar-refractivity contribution in [3.63, 3.8) is 0 Å². The summed E-state index contributed by atoms with van der Waals surface area (Å²) >= 11 is 0. The van der Waals surface area contributed by atoms with E-state index < -0.39 is 0 Å². The van der Waals surface area contributed by atoms with Crippen LogP contribution in [0.1, 0.15) is 17.3 Å². The summed E-state index contributed by atoms with van der Waals surface area (Å²) in [6.07, 6.45) is 0. The third-order valence-corrected chi connectivity index (χ3v) is 2.07. The van der Waals surface area contributed by atoms with Gasteiger partial charge in [-0.3, -0.25) is 4.79 Å². The normalized spacial score (nSPS) is 9.07. The van der Waals surface area contributed by atoms with Gasteiger partial charge in [-0.05, 0) is 0 Å². The van der Waals surface area contributed by atoms with Crippen LogP contribution in [0.15, 0.2) is 60.7 Å². The van der Waals surface area contributed by atoms with Crippen LogP contribution in [0.2, 0.25) is 0 Å². The van der Waals surface area contributed by atoms with E-state index in [9.17, 15) is 4.79 Å². The van der Waals surface area contributed by atoms with E-state index in [-0.39, 0.29) is 26.1 Å². The molecule has 0 radical (unpaired) electrons. The maximum absolute atomic E-state index is 11.8. The van der Waals surface area contributed by atoms with Crippen LogP contribution in [-0.2, 0) is 0 Å². The van der Waals surface area contributed by atoms with Crippen molar-refractivity contribution in [2.75, 3.05) is 0 Å². The molecule has 0 aliphatic rings. The first-order valence-electron chi connectivity index (χ1n) is 4.53. The fraction of sp³-hybridized carbons (Fsp3) is 0. The minimum atomic E-state index is 0. The summed E-state index contributed by atoms with van der Waals surface area (Å²) in [6.45, 7) is 0. The van der Waals surface area contributed by atoms with Crippen molar-refractivity contribution in [2.45, 2.75) is 0 Å². The van der Waals surface area contributed by atoms with Gasteiger partial charge in [-0.2, -0.15) is 0 Å². The Morgan fingerprint density at radius 3 is 1.40 bits per heavy atom. The van der Waals surface area contributed by atoms with Crippen LogP contribution < -0.4 is 18.9 Å². The van der Waals surface area contributed by atoms with Gasteiger partial charge in [-0.15, -0.1) is 0 Å². The molecule has 2 heteroatoms. The van der Waals surface area contributed by atoms with E-state index >= 15 is 0 Å². The quantitative estimate of drug-likeness (QED) is 0.482. The van der Waals surface area contributed by atoms with Gasteiger partial charge in [-0.1, -0.05) is 60.7 Å². The van der Waals surface area contributed by atoms with Crippen LogP contribution in [0.3, 0.4) is 0 Å². The molecule has 0 N–H and O–H groups in total. The molecule has 0 aliphatic carbocycles. The van der Waals surface area contributed by atoms with Gasteiger partial charge in [0.1, 0.15) is 0 Å². The van der Waals surface area contributed by atoms with Gasteiger partial charge >= 0.3 is 18.9 Å². The van der Waals surface area contributed by atoms with Crippen molar-refractivity contribution >= 4 is 5.78 Å². The van der Waals surface area contributed by atoms with E-state index in [0.29, 0.717) is 0 Å². The Bertz CT molecular complexity index is 387. The summed E-state index contributed by atoms with van der Waals surface area (Å²) in [5.74, 6) is 0.0752. The molecular formula is C13H11LiO. The summed E-state index contributed by atoms with van der Waals surface area (Å²) < 4.78 is 0. The van der Waals surface area contributed by atoms with Crippen LogP contribution >= 0.6 is 0 Å². The number of carbonyl (C=O) groups is 1. The van der Waals surface area contributed by atoms with Crippen LogP contribution in [-0.4, -0.2) is 5.78 Å². The fourth-order valence-electron chi connectivity index (χ4n) is 1.35. The molecule has 0 aliphatic heterocycles. The number of rotatable bonds is 2. The van der Waals surface area contributed by atoms with E-state index in [0.717, 1.165) is 11.1 Å². The molecule has 0 amide bonds. The molecule has 0 aromatic heterocycles. The molecule has 1 nitrogen and oxygen atoms in total. The summed E-state index contributed by atoms with van der Waals surface area (Å²) in [5, 5.41) is 0. The molecule has 0 unspecified atom stereocenters. The molecule has 70 valence electrons. The molecule has 0 atom stereocenters. The average molecular weight is 190 g/mol. The van der Waals surface area contributed by atoms with Crippen molar-refractivity contribution in [3.8, 4) is 0 Å². The third-order valence-electron chi connectivity index (χ3n) is 2.07. The second-order valence-electron chi connectivity index (χ2n) is 3.06. The molecule has 0 saturated heterocycles. The Kier molecular flexibility index (Phi) is 4.36. The first kappa shape index (κ1) is 11.8. The van der Waals surface area contributed by atoms with Gasteiger partial charge in [0.15, 0.2) is 5.78 Å². The molecule has 2 aromatic carbocycles. The third kappa shape index (κ3) is 2.83. The Labute approximate surface area is 103 Å². The van der Waals surface area contributed by atoms with Gasteiger partial charge in [0.05, 0.1) is 0 Å². The second-order valence-corrected chi connectivity index (χ2v) is 3.06. The number of ketones is 1. The monoisotopic (exact) mass is 190 g/mol. The predicted octanol–water partition coefficient (Wildman–Crippen LogP) is 0.0341. The van der Waals surface area contributed by atoms with Gasteiger partial charge in [0.2, 0.25) is 0 Å². The standard InChI is InChI=1S/C13H10O.Li.H/c14-13(11-7-3-1-4-8-11)12-9-5-2-6-10-12;;/h1-10H;;/q;+1;-1. The summed E-state index contributed by atoms with van der Waals surface area (Å²) in [5.41, 5.74) is 1.47. The van der Waals surface area contributed by atoms with Crippen LogP contribution in [0.25, 0.3) is 0 Å². The summed E-state index contributed by atoms with van der Waals surface area (Å²) in [4.78, 5) is 11.8. The van der Waals surface area contributed by atoms with Crippen LogP contribution in [0.4, 0.5) is 0 Å². The maximum Gasteiger partial charge on any atom is 1.00 e. The van der Waals surface area contributed by atoms with Crippen molar-refractivity contribution in [3.05, 3.63) is 71.8 Å². The Hall–Kier alpha value is -1.29. The zero-order valence-electron chi connectivity index (χ0n) is 9.68. The van der Waals surface area contributed by atoms with Gasteiger partial charge in [0, 0.05) is 11.1 Å². The first-order valence-corrected chi connectivity index (χ1v) is 4.53. The van der Waals surface area contributed by atoms with E-state index in [2.05, 4.69) is 0 Å². The Morgan fingerprint density at radius 1 is 0.733 bits per heavy atom. The number of benzene rings is 2. The fourth-order valence-corrected chi connectivity index (χ4v) is 1.35. The van der Waals surface area contributed by atoms with Gasteiger partial charge in [0.25, 0.3) is 0 Å². The topological polar surface area (TPSA) is 17.1 Å². The maximum atomic E-state index is 11.8. The minimum Gasteiger partial charge on any atom is -1.00 e. The minimum absolute atomic E-state index is 0. The van der Waals surface area contributed by atoms with Crippen molar-refractivity contribution in [1.29, 1.82) is 0 Å². The van der Waals surface area contributed by atoms with Gasteiger partial charge in [-0.25, -0.2) is 0 Å². The summed E-state index contributed by atoms with van der Waals surface area (Å²) in [7, 11) is 0. The van der Waals surface area contributed by atoms with Crippen molar-refractivity contribution < 1.29 is 25.1 Å². The Balaban J connectivity index is 0.00000112. The molecule has 2 aromatic rings. The van der Waals surface area contributed by atoms with E-state index in [1.54, 1.807) is 0 Å². The summed E-state index contributed by atoms with van der Waals surface area (Å²) in [6, 6.07) is 18.6. The van der Waals surface area contributed by atoms with Crippen LogP contribution in [0.5, 0.6) is 0 Å². The van der Waals surface area contributed by atoms with E-state index in [4.69, 9.17) is 0 Å². The SMILES string of the molecule is O=C(c1ccccc1)c1ccccc1.[H-].[Li+]. The number of carbonyl (C=O) groups excluding carboxylic acids is 1. The molecule has 0 fully saturated rings. The Morgan fingerprint density at radius 2 is 1.07 bits per heavy atom. The smallest absolute Gasteiger partial charge is 1.00 e. The zero-order valence-corrected chi connectivity index (χ0v) is 8.68. The second kappa shape index (κ2) is 5.55. The van der Waals surface area contributed by atoms with Crippen molar-refractivity contribution in [1.82, 2.24) is 0 Å². The average Bonchev–Trinajstić information content (AvgIpc) is 2.30. The molecule has 0 bridgehead atoms. The van der Waals surface area contributed by atoms with Crippen LogP contribution in [0, 0.1) is 0 Å². The van der Waals surface area contributed by atoms with E-state index in [1.165, 1.54) is 0 Å². The number of hydrogen-bond acceptors (Lipinski definition) is 1. The zero-order chi connectivity index (χ0) is 9.80. The molecule has 0 spiro atoms. The number of hydrogen-bond donors (Lipinski definition) is 0.